The Balaban J connectivity index is 1.95. The van der Waals surface area contributed by atoms with Gasteiger partial charge in [0.25, 0.3) is 0 Å². The van der Waals surface area contributed by atoms with Crippen molar-refractivity contribution in [1.29, 1.82) is 0 Å². The van der Waals surface area contributed by atoms with Gasteiger partial charge in [0.15, 0.2) is 0 Å². The summed E-state index contributed by atoms with van der Waals surface area (Å²) in [7, 11) is 0. The second-order valence-corrected chi connectivity index (χ2v) is 3.72. The first-order valence-electron chi connectivity index (χ1n) is 5.23. The first kappa shape index (κ1) is 10.2. The Bertz CT molecular complexity index is 344. The van der Waals surface area contributed by atoms with Crippen molar-refractivity contribution in [3.05, 3.63) is 29.6 Å². The van der Waals surface area contributed by atoms with Crippen molar-refractivity contribution >= 4 is 0 Å². The lowest BCUT2D eigenvalue weighted by Gasteiger charge is -2.26. The summed E-state index contributed by atoms with van der Waals surface area (Å²) in [5, 5.41) is 3.33. The number of nitrogens with zero attached hydrogens (tertiary/aromatic N) is 2. The molecule has 0 aromatic carbocycles. The first-order chi connectivity index (χ1) is 7.38. The van der Waals surface area contributed by atoms with Crippen LogP contribution in [0.2, 0.25) is 0 Å². The number of hydrogen-bond donors (Lipinski definition) is 1. The molecule has 0 bridgehead atoms. The molecule has 1 aliphatic rings. The quantitative estimate of drug-likeness (QED) is 0.705. The minimum absolute atomic E-state index is 0.707. The molecule has 0 aliphatic carbocycles. The van der Waals surface area contributed by atoms with Crippen molar-refractivity contribution in [3.63, 3.8) is 0 Å². The van der Waals surface area contributed by atoms with Crippen LogP contribution >= 0.6 is 0 Å². The normalized spacial score (nSPS) is 17.3. The molecule has 1 aromatic heterocycles. The van der Waals surface area contributed by atoms with Gasteiger partial charge in [-0.2, -0.15) is 0 Å². The molecule has 15 heavy (non-hydrogen) atoms. The van der Waals surface area contributed by atoms with E-state index >= 15 is 0 Å². The topological polar surface area (TPSA) is 28.2 Å². The Morgan fingerprint density at radius 2 is 2.20 bits per heavy atom. The average molecular weight is 201 g/mol. The molecule has 1 fully saturated rings. The van der Waals surface area contributed by atoms with Crippen molar-refractivity contribution in [2.45, 2.75) is 6.54 Å². The van der Waals surface area contributed by atoms with Crippen LogP contribution < -0.4 is 5.32 Å². The van der Waals surface area contributed by atoms with Gasteiger partial charge in [0.2, 0.25) is 0 Å². The van der Waals surface area contributed by atoms with E-state index in [0.717, 1.165) is 32.7 Å². The molecule has 0 amide bonds. The second kappa shape index (κ2) is 4.92. The van der Waals surface area contributed by atoms with E-state index in [1.807, 2.05) is 12.3 Å². The number of hydrogen-bond acceptors (Lipinski definition) is 3. The molecule has 0 unspecified atom stereocenters. The molecule has 1 N–H and O–H groups in total. The highest BCUT2D eigenvalue weighted by Crippen LogP contribution is 2.05. The van der Waals surface area contributed by atoms with E-state index in [2.05, 4.69) is 27.2 Å². The summed E-state index contributed by atoms with van der Waals surface area (Å²) in [6.07, 6.45) is 7.13. The Hall–Kier alpha value is -1.37. The van der Waals surface area contributed by atoms with Gasteiger partial charge >= 0.3 is 0 Å². The van der Waals surface area contributed by atoms with Gasteiger partial charge in [-0.25, -0.2) is 4.98 Å². The molecule has 0 atom stereocenters. The largest absolute Gasteiger partial charge is 0.314 e. The Morgan fingerprint density at radius 1 is 1.40 bits per heavy atom. The van der Waals surface area contributed by atoms with Gasteiger partial charge in [-0.1, -0.05) is 12.0 Å². The summed E-state index contributed by atoms with van der Waals surface area (Å²) >= 11 is 0. The molecule has 1 aliphatic heterocycles. The molecule has 78 valence electrons. The lowest BCUT2D eigenvalue weighted by atomic mass is 10.2. The monoisotopic (exact) mass is 201 g/mol. The van der Waals surface area contributed by atoms with Gasteiger partial charge in [-0.15, -0.1) is 6.42 Å². The van der Waals surface area contributed by atoms with Crippen LogP contribution in [-0.4, -0.2) is 36.1 Å². The number of rotatable bonds is 2. The number of terminal acetylenes is 1. The molecule has 3 heteroatoms. The highest BCUT2D eigenvalue weighted by molar-refractivity contribution is 5.26. The third-order valence-electron chi connectivity index (χ3n) is 2.59. The Labute approximate surface area is 90.5 Å². The van der Waals surface area contributed by atoms with Gasteiger partial charge in [-0.3, -0.25) is 4.90 Å². The molecule has 2 heterocycles. The minimum Gasteiger partial charge on any atom is -0.314 e. The maximum absolute atomic E-state index is 5.25. The van der Waals surface area contributed by atoms with Crippen LogP contribution in [0, 0.1) is 12.3 Å². The summed E-state index contributed by atoms with van der Waals surface area (Å²) in [6, 6.07) is 3.96. The summed E-state index contributed by atoms with van der Waals surface area (Å²) in [5.41, 5.74) is 1.94. The molecule has 0 spiro atoms. The van der Waals surface area contributed by atoms with E-state index in [1.54, 1.807) is 0 Å². The zero-order valence-corrected chi connectivity index (χ0v) is 8.74. The summed E-state index contributed by atoms with van der Waals surface area (Å²) in [5.74, 6) is 2.52. The standard InChI is InChI=1S/C12H15N3/c1-2-12-4-3-11(9-14-12)10-15-7-5-13-6-8-15/h1,3-4,9,13H,5-8,10H2. The van der Waals surface area contributed by atoms with Crippen molar-refractivity contribution in [3.8, 4) is 12.3 Å². The Morgan fingerprint density at radius 3 is 2.80 bits per heavy atom. The van der Waals surface area contributed by atoms with Crippen LogP contribution in [-0.2, 0) is 6.54 Å². The van der Waals surface area contributed by atoms with Crippen LogP contribution in [0.3, 0.4) is 0 Å². The smallest absolute Gasteiger partial charge is 0.112 e. The van der Waals surface area contributed by atoms with E-state index in [4.69, 9.17) is 6.42 Å². The molecule has 1 saturated heterocycles. The fraction of sp³-hybridized carbons (Fsp3) is 0.417. The maximum atomic E-state index is 5.25. The van der Waals surface area contributed by atoms with E-state index in [-0.39, 0.29) is 0 Å². The van der Waals surface area contributed by atoms with E-state index in [1.165, 1.54) is 5.56 Å². The van der Waals surface area contributed by atoms with Crippen LogP contribution in [0.1, 0.15) is 11.3 Å². The van der Waals surface area contributed by atoms with Gasteiger partial charge < -0.3 is 5.32 Å². The third-order valence-corrected chi connectivity index (χ3v) is 2.59. The van der Waals surface area contributed by atoms with Crippen molar-refractivity contribution in [1.82, 2.24) is 15.2 Å². The molecule has 1 aromatic rings. The van der Waals surface area contributed by atoms with Gasteiger partial charge in [0, 0.05) is 38.9 Å². The Kier molecular flexibility index (Phi) is 3.33. The SMILES string of the molecule is C#Cc1ccc(CN2CCNCC2)cn1. The lowest BCUT2D eigenvalue weighted by molar-refractivity contribution is 0.233. The fourth-order valence-corrected chi connectivity index (χ4v) is 1.73. The maximum Gasteiger partial charge on any atom is 0.112 e. The van der Waals surface area contributed by atoms with E-state index in [0.29, 0.717) is 5.69 Å². The van der Waals surface area contributed by atoms with Gasteiger partial charge in [0.1, 0.15) is 5.69 Å². The number of piperazine rings is 1. The number of nitrogens with one attached hydrogen (secondary N) is 1. The fourth-order valence-electron chi connectivity index (χ4n) is 1.73. The van der Waals surface area contributed by atoms with Crippen molar-refractivity contribution in [2.24, 2.45) is 0 Å². The summed E-state index contributed by atoms with van der Waals surface area (Å²) < 4.78 is 0. The second-order valence-electron chi connectivity index (χ2n) is 3.72. The van der Waals surface area contributed by atoms with Crippen molar-refractivity contribution < 1.29 is 0 Å². The number of pyridine rings is 1. The summed E-state index contributed by atoms with van der Waals surface area (Å²) in [6.45, 7) is 5.35. The predicted octanol–water partition coefficient (Wildman–Crippen LogP) is 0.468. The van der Waals surface area contributed by atoms with E-state index in [9.17, 15) is 0 Å². The molecule has 0 saturated carbocycles. The van der Waals surface area contributed by atoms with Crippen LogP contribution in [0.5, 0.6) is 0 Å². The number of aromatic nitrogens is 1. The lowest BCUT2D eigenvalue weighted by Crippen LogP contribution is -2.42. The minimum atomic E-state index is 0.707. The highest BCUT2D eigenvalue weighted by atomic mass is 15.2. The average Bonchev–Trinajstić information content (AvgIpc) is 2.31. The predicted molar refractivity (Wildman–Crippen MR) is 60.3 cm³/mol. The van der Waals surface area contributed by atoms with Crippen LogP contribution in [0.4, 0.5) is 0 Å². The van der Waals surface area contributed by atoms with Gasteiger partial charge in [-0.05, 0) is 11.6 Å². The highest BCUT2D eigenvalue weighted by Gasteiger charge is 2.09. The molecular formula is C12H15N3. The third kappa shape index (κ3) is 2.79. The zero-order valence-electron chi connectivity index (χ0n) is 8.74. The van der Waals surface area contributed by atoms with Crippen molar-refractivity contribution in [2.75, 3.05) is 26.2 Å². The molecule has 3 nitrogen and oxygen atoms in total. The first-order valence-corrected chi connectivity index (χ1v) is 5.23. The van der Waals surface area contributed by atoms with Crippen LogP contribution in [0.15, 0.2) is 18.3 Å². The van der Waals surface area contributed by atoms with E-state index < -0.39 is 0 Å². The molecule has 0 radical (unpaired) electrons. The van der Waals surface area contributed by atoms with Crippen LogP contribution in [0.25, 0.3) is 0 Å². The zero-order chi connectivity index (χ0) is 10.5. The summed E-state index contributed by atoms with van der Waals surface area (Å²) in [4.78, 5) is 6.60. The molecule has 2 rings (SSSR count). The molecular weight excluding hydrogens is 186 g/mol. The van der Waals surface area contributed by atoms with Gasteiger partial charge in [0.05, 0.1) is 0 Å².